The molecule has 1 rings (SSSR count). The Morgan fingerprint density at radius 2 is 1.94 bits per heavy atom. The molecule has 3 nitrogen and oxygen atoms in total. The summed E-state index contributed by atoms with van der Waals surface area (Å²) in [4.78, 5) is 12.3. The molecule has 1 N–H and O–H groups in total. The highest BCUT2D eigenvalue weighted by molar-refractivity contribution is 7.98. The number of hydrogen-bond acceptors (Lipinski definition) is 3. The van der Waals surface area contributed by atoms with Crippen molar-refractivity contribution in [1.29, 1.82) is 0 Å². The summed E-state index contributed by atoms with van der Waals surface area (Å²) >= 11 is 1.55. The topological polar surface area (TPSA) is 38.3 Å². The Hall–Kier alpha value is -1.21. The molecular weight excluding hydrogens is 267 g/mol. The third kappa shape index (κ3) is 5.92. The van der Waals surface area contributed by atoms with Crippen molar-refractivity contribution >= 4 is 23.4 Å². The van der Waals surface area contributed by atoms with Gasteiger partial charge in [0.25, 0.3) is 0 Å². The van der Waals surface area contributed by atoms with Crippen LogP contribution in [0, 0.1) is 0 Å². The van der Waals surface area contributed by atoms with Crippen LogP contribution in [0.5, 0.6) is 0 Å². The first-order valence-electron chi connectivity index (χ1n) is 4.99. The molecule has 0 aliphatic carbocycles. The molecule has 1 aromatic carbocycles. The van der Waals surface area contributed by atoms with Gasteiger partial charge in [0.2, 0.25) is 5.91 Å². The fourth-order valence-corrected chi connectivity index (χ4v) is 1.54. The summed E-state index contributed by atoms with van der Waals surface area (Å²) in [5.74, 6) is -0.615. The van der Waals surface area contributed by atoms with Crippen LogP contribution in [-0.2, 0) is 9.53 Å². The van der Waals surface area contributed by atoms with Crippen LogP contribution in [0.2, 0.25) is 0 Å². The van der Waals surface area contributed by atoms with E-state index in [-0.39, 0.29) is 0 Å². The van der Waals surface area contributed by atoms with Crippen LogP contribution in [0.1, 0.15) is 0 Å². The normalized spacial score (nSPS) is 11.3. The molecule has 0 saturated heterocycles. The van der Waals surface area contributed by atoms with E-state index in [9.17, 15) is 18.0 Å². The van der Waals surface area contributed by atoms with Crippen molar-refractivity contribution in [1.82, 2.24) is 0 Å². The molecule has 0 unspecified atom stereocenters. The Morgan fingerprint density at radius 1 is 1.33 bits per heavy atom. The molecule has 100 valence electrons. The molecule has 0 heterocycles. The minimum absolute atomic E-state index is 0.522. The largest absolute Gasteiger partial charge is 0.411 e. The van der Waals surface area contributed by atoms with E-state index in [1.807, 2.05) is 6.26 Å². The summed E-state index contributed by atoms with van der Waals surface area (Å²) in [7, 11) is 0. The van der Waals surface area contributed by atoms with E-state index >= 15 is 0 Å². The highest BCUT2D eigenvalue weighted by atomic mass is 32.2. The second kappa shape index (κ2) is 6.65. The second-order valence-electron chi connectivity index (χ2n) is 3.38. The minimum atomic E-state index is -4.42. The Bertz CT molecular complexity index is 392. The first-order chi connectivity index (χ1) is 8.40. The monoisotopic (exact) mass is 279 g/mol. The number of hydrogen-bond donors (Lipinski definition) is 1. The molecule has 1 aromatic rings. The Balaban J connectivity index is 2.35. The van der Waals surface area contributed by atoms with Gasteiger partial charge in [-0.05, 0) is 30.5 Å². The smallest absolute Gasteiger partial charge is 0.362 e. The maximum absolute atomic E-state index is 11.8. The summed E-state index contributed by atoms with van der Waals surface area (Å²) < 4.78 is 39.5. The molecule has 0 bridgehead atoms. The van der Waals surface area contributed by atoms with Crippen molar-refractivity contribution in [3.63, 3.8) is 0 Å². The molecule has 7 heteroatoms. The average Bonchev–Trinajstić information content (AvgIpc) is 2.28. The van der Waals surface area contributed by atoms with Crippen LogP contribution in [0.15, 0.2) is 29.2 Å². The lowest BCUT2D eigenvalue weighted by atomic mass is 10.3. The minimum Gasteiger partial charge on any atom is -0.362 e. The number of carbonyl (C=O) groups excluding carboxylic acids is 1. The van der Waals surface area contributed by atoms with Crippen molar-refractivity contribution in [2.75, 3.05) is 24.8 Å². The zero-order chi connectivity index (χ0) is 13.6. The summed E-state index contributed by atoms with van der Waals surface area (Å²) in [6.07, 6.45) is -2.50. The predicted molar refractivity (Wildman–Crippen MR) is 63.7 cm³/mol. The van der Waals surface area contributed by atoms with Crippen LogP contribution in [0.25, 0.3) is 0 Å². The van der Waals surface area contributed by atoms with Crippen LogP contribution < -0.4 is 5.32 Å². The van der Waals surface area contributed by atoms with Crippen molar-refractivity contribution in [3.8, 4) is 0 Å². The van der Waals surface area contributed by atoms with E-state index in [2.05, 4.69) is 10.1 Å². The quantitative estimate of drug-likeness (QED) is 0.842. The fourth-order valence-electron chi connectivity index (χ4n) is 1.13. The number of alkyl halides is 3. The number of anilines is 1. The first-order valence-corrected chi connectivity index (χ1v) is 6.21. The van der Waals surface area contributed by atoms with Crippen LogP contribution in [-0.4, -0.2) is 31.6 Å². The third-order valence-electron chi connectivity index (χ3n) is 1.87. The maximum atomic E-state index is 11.8. The molecule has 0 aromatic heterocycles. The molecule has 0 aliphatic rings. The number of halogens is 3. The van der Waals surface area contributed by atoms with Crippen molar-refractivity contribution in [2.24, 2.45) is 0 Å². The van der Waals surface area contributed by atoms with E-state index in [1.165, 1.54) is 0 Å². The lowest BCUT2D eigenvalue weighted by molar-refractivity contribution is -0.174. The molecular formula is C11H12F3NO2S. The van der Waals surface area contributed by atoms with Crippen molar-refractivity contribution < 1.29 is 22.7 Å². The zero-order valence-corrected chi connectivity index (χ0v) is 10.4. The average molecular weight is 279 g/mol. The van der Waals surface area contributed by atoms with Gasteiger partial charge < -0.3 is 10.1 Å². The molecule has 0 radical (unpaired) electrons. The molecule has 1 amide bonds. The molecule has 0 spiro atoms. The Morgan fingerprint density at radius 3 is 2.44 bits per heavy atom. The Kier molecular flexibility index (Phi) is 5.49. The summed E-state index contributed by atoms with van der Waals surface area (Å²) in [5, 5.41) is 2.44. The number of amides is 1. The van der Waals surface area contributed by atoms with E-state index in [4.69, 9.17) is 0 Å². The standard InChI is InChI=1S/C11H12F3NO2S/c1-18-9-4-2-8(3-5-9)15-10(16)6-17-7-11(12,13)14/h2-5H,6-7H2,1H3,(H,15,16). The molecule has 0 saturated carbocycles. The van der Waals surface area contributed by atoms with Gasteiger partial charge >= 0.3 is 6.18 Å². The lowest BCUT2D eigenvalue weighted by Crippen LogP contribution is -2.23. The van der Waals surface area contributed by atoms with Crippen LogP contribution in [0.4, 0.5) is 18.9 Å². The molecule has 0 fully saturated rings. The molecule has 0 aliphatic heterocycles. The van der Waals surface area contributed by atoms with Gasteiger partial charge in [-0.15, -0.1) is 11.8 Å². The number of ether oxygens (including phenoxy) is 1. The van der Waals surface area contributed by atoms with E-state index in [0.717, 1.165) is 4.90 Å². The van der Waals surface area contributed by atoms with Crippen LogP contribution in [0.3, 0.4) is 0 Å². The zero-order valence-electron chi connectivity index (χ0n) is 9.58. The van der Waals surface area contributed by atoms with Gasteiger partial charge in [0.05, 0.1) is 0 Å². The van der Waals surface area contributed by atoms with Gasteiger partial charge in [0, 0.05) is 10.6 Å². The van der Waals surface area contributed by atoms with E-state index < -0.39 is 25.3 Å². The van der Waals surface area contributed by atoms with Crippen molar-refractivity contribution in [2.45, 2.75) is 11.1 Å². The number of benzene rings is 1. The van der Waals surface area contributed by atoms with Gasteiger partial charge in [-0.25, -0.2) is 0 Å². The highest BCUT2D eigenvalue weighted by Crippen LogP contribution is 2.17. The fraction of sp³-hybridized carbons (Fsp3) is 0.364. The summed E-state index contributed by atoms with van der Waals surface area (Å²) in [6.45, 7) is -2.05. The Labute approximate surface area is 107 Å². The second-order valence-corrected chi connectivity index (χ2v) is 4.26. The lowest BCUT2D eigenvalue weighted by Gasteiger charge is -2.08. The number of rotatable bonds is 5. The summed E-state index contributed by atoms with van der Waals surface area (Å²) in [5.41, 5.74) is 0.522. The maximum Gasteiger partial charge on any atom is 0.411 e. The third-order valence-corrected chi connectivity index (χ3v) is 2.62. The van der Waals surface area contributed by atoms with Gasteiger partial charge in [-0.3, -0.25) is 4.79 Å². The van der Waals surface area contributed by atoms with Gasteiger partial charge in [-0.2, -0.15) is 13.2 Å². The summed E-state index contributed by atoms with van der Waals surface area (Å²) in [6, 6.07) is 6.95. The van der Waals surface area contributed by atoms with Gasteiger partial charge in [0.1, 0.15) is 13.2 Å². The number of carbonyl (C=O) groups is 1. The first kappa shape index (κ1) is 14.8. The van der Waals surface area contributed by atoms with Gasteiger partial charge in [0.15, 0.2) is 0 Å². The number of thioether (sulfide) groups is 1. The van der Waals surface area contributed by atoms with E-state index in [1.54, 1.807) is 36.0 Å². The SMILES string of the molecule is CSc1ccc(NC(=O)COCC(F)(F)F)cc1. The molecule has 18 heavy (non-hydrogen) atoms. The van der Waals surface area contributed by atoms with E-state index in [0.29, 0.717) is 5.69 Å². The highest BCUT2D eigenvalue weighted by Gasteiger charge is 2.27. The van der Waals surface area contributed by atoms with Crippen LogP contribution >= 0.6 is 11.8 Å². The predicted octanol–water partition coefficient (Wildman–Crippen LogP) is 2.93. The van der Waals surface area contributed by atoms with Crippen molar-refractivity contribution in [3.05, 3.63) is 24.3 Å². The number of nitrogens with one attached hydrogen (secondary N) is 1. The molecule has 0 atom stereocenters. The van der Waals surface area contributed by atoms with Gasteiger partial charge in [-0.1, -0.05) is 0 Å².